The van der Waals surface area contributed by atoms with Crippen LogP contribution in [0.2, 0.25) is 0 Å². The summed E-state index contributed by atoms with van der Waals surface area (Å²) in [4.78, 5) is 21.7. The van der Waals surface area contributed by atoms with E-state index in [1.165, 1.54) is 23.9 Å². The van der Waals surface area contributed by atoms with Crippen LogP contribution < -0.4 is 0 Å². The Balaban J connectivity index is 2.43. The molecular weight excluding hydrogens is 282 g/mol. The number of carboxylic acids is 1. The fourth-order valence-electron chi connectivity index (χ4n) is 1.67. The average Bonchev–Trinajstić information content (AvgIpc) is 2.67. The van der Waals surface area contributed by atoms with E-state index in [9.17, 15) is 14.9 Å². The number of aryl methyl sites for hydroxylation is 2. The van der Waals surface area contributed by atoms with Gasteiger partial charge in [-0.1, -0.05) is 11.8 Å². The number of carboxylic acid groups (broad SMARTS) is 1. The predicted octanol–water partition coefficient (Wildman–Crippen LogP) is 2.49. The van der Waals surface area contributed by atoms with Gasteiger partial charge in [-0.15, -0.1) is 0 Å². The highest BCUT2D eigenvalue weighted by atomic mass is 32.2. The summed E-state index contributed by atoms with van der Waals surface area (Å²) in [5, 5.41) is 24.8. The van der Waals surface area contributed by atoms with Gasteiger partial charge in [0.25, 0.3) is 5.69 Å². The summed E-state index contributed by atoms with van der Waals surface area (Å²) in [5.41, 5.74) is 0.468. The van der Waals surface area contributed by atoms with Crippen molar-refractivity contribution in [1.82, 2.24) is 9.78 Å². The van der Waals surface area contributed by atoms with Crippen molar-refractivity contribution in [2.24, 2.45) is 7.05 Å². The first-order valence-electron chi connectivity index (χ1n) is 5.58. The quantitative estimate of drug-likeness (QED) is 0.687. The number of aromatic carboxylic acids is 1. The van der Waals surface area contributed by atoms with Gasteiger partial charge in [0, 0.05) is 13.1 Å². The number of nitro benzene ring substituents is 1. The van der Waals surface area contributed by atoms with E-state index >= 15 is 0 Å². The van der Waals surface area contributed by atoms with E-state index in [0.29, 0.717) is 4.90 Å². The minimum Gasteiger partial charge on any atom is -0.478 e. The van der Waals surface area contributed by atoms with Gasteiger partial charge in [0.05, 0.1) is 26.1 Å². The van der Waals surface area contributed by atoms with Crippen molar-refractivity contribution in [3.63, 3.8) is 0 Å². The number of hydrogen-bond acceptors (Lipinski definition) is 5. The molecule has 0 radical (unpaired) electrons. The minimum atomic E-state index is -1.19. The smallest absolute Gasteiger partial charge is 0.335 e. The lowest BCUT2D eigenvalue weighted by atomic mass is 10.2. The molecule has 0 fully saturated rings. The summed E-state index contributed by atoms with van der Waals surface area (Å²) in [6.07, 6.45) is 0. The Hall–Kier alpha value is -2.35. The highest BCUT2D eigenvalue weighted by Crippen LogP contribution is 2.35. The number of aromatic nitrogens is 2. The lowest BCUT2D eigenvalue weighted by molar-refractivity contribution is -0.387. The Morgan fingerprint density at radius 2 is 2.15 bits per heavy atom. The van der Waals surface area contributed by atoms with E-state index in [1.54, 1.807) is 17.8 Å². The maximum atomic E-state index is 11.1. The third-order valence-electron chi connectivity index (χ3n) is 2.58. The topological polar surface area (TPSA) is 98.3 Å². The predicted molar refractivity (Wildman–Crippen MR) is 72.1 cm³/mol. The molecule has 8 heteroatoms. The molecule has 1 aromatic carbocycles. The van der Waals surface area contributed by atoms with Crippen molar-refractivity contribution in [3.8, 4) is 0 Å². The van der Waals surface area contributed by atoms with Crippen molar-refractivity contribution in [2.75, 3.05) is 0 Å². The molecule has 0 saturated heterocycles. The summed E-state index contributed by atoms with van der Waals surface area (Å²) >= 11 is 1.18. The molecule has 1 N–H and O–H groups in total. The zero-order valence-electron chi connectivity index (χ0n) is 10.7. The van der Waals surface area contributed by atoms with E-state index < -0.39 is 10.9 Å². The summed E-state index contributed by atoms with van der Waals surface area (Å²) in [5.74, 6) is -1.19. The monoisotopic (exact) mass is 293 g/mol. The van der Waals surface area contributed by atoms with Gasteiger partial charge in [-0.2, -0.15) is 5.10 Å². The normalized spacial score (nSPS) is 10.5. The fraction of sp³-hybridized carbons (Fsp3) is 0.167. The molecule has 104 valence electrons. The molecule has 0 unspecified atom stereocenters. The van der Waals surface area contributed by atoms with Crippen LogP contribution in [0.15, 0.2) is 34.2 Å². The molecule has 20 heavy (non-hydrogen) atoms. The number of hydrogen-bond donors (Lipinski definition) is 1. The van der Waals surface area contributed by atoms with Crippen LogP contribution in [0.25, 0.3) is 0 Å². The number of benzene rings is 1. The number of nitro groups is 1. The van der Waals surface area contributed by atoms with Gasteiger partial charge in [0.2, 0.25) is 0 Å². The zero-order valence-corrected chi connectivity index (χ0v) is 11.5. The van der Waals surface area contributed by atoms with Gasteiger partial charge in [0.1, 0.15) is 0 Å². The lowest BCUT2D eigenvalue weighted by Crippen LogP contribution is -1.99. The van der Waals surface area contributed by atoms with Crippen LogP contribution in [0.5, 0.6) is 0 Å². The van der Waals surface area contributed by atoms with Crippen LogP contribution in [0.4, 0.5) is 5.69 Å². The molecule has 7 nitrogen and oxygen atoms in total. The molecule has 2 aromatic rings. The number of nitrogens with zero attached hydrogens (tertiary/aromatic N) is 3. The van der Waals surface area contributed by atoms with Gasteiger partial charge < -0.3 is 5.11 Å². The van der Waals surface area contributed by atoms with Gasteiger partial charge in [-0.3, -0.25) is 14.8 Å². The zero-order chi connectivity index (χ0) is 14.9. The molecular formula is C12H11N3O4S. The minimum absolute atomic E-state index is 0.109. The average molecular weight is 293 g/mol. The highest BCUT2D eigenvalue weighted by Gasteiger charge is 2.19. The van der Waals surface area contributed by atoms with Crippen LogP contribution >= 0.6 is 11.8 Å². The van der Waals surface area contributed by atoms with Crippen LogP contribution in [0, 0.1) is 17.0 Å². The number of rotatable bonds is 4. The van der Waals surface area contributed by atoms with Crippen molar-refractivity contribution in [2.45, 2.75) is 16.8 Å². The summed E-state index contributed by atoms with van der Waals surface area (Å²) in [6, 6.07) is 5.66. The Labute approximate surface area is 118 Å². The van der Waals surface area contributed by atoms with Crippen LogP contribution in [0.3, 0.4) is 0 Å². The van der Waals surface area contributed by atoms with Gasteiger partial charge >= 0.3 is 5.97 Å². The third-order valence-corrected chi connectivity index (χ3v) is 3.73. The van der Waals surface area contributed by atoms with Crippen LogP contribution in [-0.4, -0.2) is 25.8 Å². The molecule has 1 heterocycles. The van der Waals surface area contributed by atoms with E-state index in [4.69, 9.17) is 5.11 Å². The molecule has 2 rings (SSSR count). The van der Waals surface area contributed by atoms with Gasteiger partial charge in [-0.05, 0) is 25.1 Å². The molecule has 0 saturated carbocycles. The number of carbonyl (C=O) groups is 1. The Morgan fingerprint density at radius 1 is 1.45 bits per heavy atom. The second kappa shape index (κ2) is 5.33. The molecule has 0 aliphatic heterocycles. The highest BCUT2D eigenvalue weighted by molar-refractivity contribution is 7.99. The van der Waals surface area contributed by atoms with Crippen molar-refractivity contribution >= 4 is 23.4 Å². The van der Waals surface area contributed by atoms with Crippen LogP contribution in [-0.2, 0) is 7.05 Å². The fourth-order valence-corrected chi connectivity index (χ4v) is 2.68. The third kappa shape index (κ3) is 2.80. The first kappa shape index (κ1) is 14.1. The van der Waals surface area contributed by atoms with Gasteiger partial charge in [-0.25, -0.2) is 4.79 Å². The molecule has 0 aliphatic rings. The molecule has 0 spiro atoms. The van der Waals surface area contributed by atoms with Crippen LogP contribution in [0.1, 0.15) is 16.1 Å². The van der Waals surface area contributed by atoms with E-state index in [2.05, 4.69) is 5.10 Å². The SMILES string of the molecule is Cc1cc(Sc2ccc(C(=O)O)cc2[N+](=O)[O-])n(C)n1. The van der Waals surface area contributed by atoms with Crippen molar-refractivity contribution < 1.29 is 14.8 Å². The molecule has 0 atom stereocenters. The maximum Gasteiger partial charge on any atom is 0.335 e. The second-order valence-corrected chi connectivity index (χ2v) is 5.16. The maximum absolute atomic E-state index is 11.1. The Morgan fingerprint density at radius 3 is 2.65 bits per heavy atom. The Kier molecular flexibility index (Phi) is 3.75. The van der Waals surface area contributed by atoms with Crippen molar-refractivity contribution in [3.05, 3.63) is 45.6 Å². The first-order valence-corrected chi connectivity index (χ1v) is 6.40. The lowest BCUT2D eigenvalue weighted by Gasteiger charge is -2.04. The molecule has 1 aromatic heterocycles. The van der Waals surface area contributed by atoms with E-state index in [-0.39, 0.29) is 11.3 Å². The molecule has 0 bridgehead atoms. The first-order chi connectivity index (χ1) is 9.38. The summed E-state index contributed by atoms with van der Waals surface area (Å²) in [6.45, 7) is 1.83. The standard InChI is InChI=1S/C12H11N3O4S/c1-7-5-11(14(2)13-7)20-10-4-3-8(12(16)17)6-9(10)15(18)19/h3-6H,1-2H3,(H,16,17). The second-order valence-electron chi connectivity index (χ2n) is 4.09. The van der Waals surface area contributed by atoms with E-state index in [1.807, 2.05) is 6.92 Å². The summed E-state index contributed by atoms with van der Waals surface area (Å²) in [7, 11) is 1.74. The Bertz CT molecular complexity index is 696. The van der Waals surface area contributed by atoms with Crippen molar-refractivity contribution in [1.29, 1.82) is 0 Å². The van der Waals surface area contributed by atoms with Gasteiger partial charge in [0.15, 0.2) is 0 Å². The van der Waals surface area contributed by atoms with E-state index in [0.717, 1.165) is 16.8 Å². The molecule has 0 amide bonds. The largest absolute Gasteiger partial charge is 0.478 e. The summed E-state index contributed by atoms with van der Waals surface area (Å²) < 4.78 is 1.62. The molecule has 0 aliphatic carbocycles.